The summed E-state index contributed by atoms with van der Waals surface area (Å²) in [6, 6.07) is 5.44. The average Bonchev–Trinajstić information content (AvgIpc) is 2.99. The Labute approximate surface area is 102 Å². The summed E-state index contributed by atoms with van der Waals surface area (Å²) in [5.74, 6) is 0. The van der Waals surface area contributed by atoms with E-state index in [-0.39, 0.29) is 0 Å². The Balaban J connectivity index is 1.98. The molecule has 0 radical (unpaired) electrons. The summed E-state index contributed by atoms with van der Waals surface area (Å²) in [6.07, 6.45) is 2.93. The second-order valence-corrected chi connectivity index (χ2v) is 6.54. The van der Waals surface area contributed by atoms with Crippen molar-refractivity contribution in [1.82, 2.24) is 4.31 Å². The first-order valence-corrected chi connectivity index (χ1v) is 7.49. The van der Waals surface area contributed by atoms with Crippen molar-refractivity contribution in [1.29, 1.82) is 0 Å². The molecule has 2 aliphatic heterocycles. The van der Waals surface area contributed by atoms with Crippen LogP contribution in [0.1, 0.15) is 18.4 Å². The van der Waals surface area contributed by atoms with Gasteiger partial charge in [-0.2, -0.15) is 4.31 Å². The zero-order valence-electron chi connectivity index (χ0n) is 9.65. The molecular formula is C12H16N2O2S. The van der Waals surface area contributed by atoms with Crippen LogP contribution in [0.25, 0.3) is 0 Å². The van der Waals surface area contributed by atoms with Crippen LogP contribution in [0.3, 0.4) is 0 Å². The number of hydrogen-bond acceptors (Lipinski definition) is 3. The third kappa shape index (κ3) is 1.83. The highest BCUT2D eigenvalue weighted by Crippen LogP contribution is 2.28. The van der Waals surface area contributed by atoms with Crippen LogP contribution in [0.15, 0.2) is 23.1 Å². The highest BCUT2D eigenvalue weighted by Gasteiger charge is 2.28. The highest BCUT2D eigenvalue weighted by molar-refractivity contribution is 7.89. The molecule has 92 valence electrons. The van der Waals surface area contributed by atoms with E-state index in [1.54, 1.807) is 16.4 Å². The van der Waals surface area contributed by atoms with Gasteiger partial charge >= 0.3 is 0 Å². The van der Waals surface area contributed by atoms with E-state index in [4.69, 9.17) is 0 Å². The zero-order valence-corrected chi connectivity index (χ0v) is 10.5. The van der Waals surface area contributed by atoms with Crippen LogP contribution in [-0.4, -0.2) is 32.4 Å². The van der Waals surface area contributed by atoms with Gasteiger partial charge in [0.05, 0.1) is 4.90 Å². The molecule has 1 aromatic carbocycles. The van der Waals surface area contributed by atoms with Gasteiger partial charge in [-0.1, -0.05) is 6.07 Å². The molecule has 17 heavy (non-hydrogen) atoms. The van der Waals surface area contributed by atoms with Crippen molar-refractivity contribution in [2.45, 2.75) is 24.2 Å². The van der Waals surface area contributed by atoms with Crippen LogP contribution in [-0.2, 0) is 16.4 Å². The minimum absolute atomic E-state index is 0.424. The normalized spacial score (nSPS) is 20.2. The maximum atomic E-state index is 12.3. The van der Waals surface area contributed by atoms with Gasteiger partial charge in [-0.3, -0.25) is 0 Å². The Morgan fingerprint density at radius 3 is 2.71 bits per heavy atom. The Morgan fingerprint density at radius 2 is 1.94 bits per heavy atom. The van der Waals surface area contributed by atoms with E-state index in [0.29, 0.717) is 18.0 Å². The van der Waals surface area contributed by atoms with Crippen LogP contribution in [0, 0.1) is 0 Å². The summed E-state index contributed by atoms with van der Waals surface area (Å²) >= 11 is 0. The van der Waals surface area contributed by atoms with Crippen LogP contribution in [0.2, 0.25) is 0 Å². The molecule has 0 bridgehead atoms. The summed E-state index contributed by atoms with van der Waals surface area (Å²) in [7, 11) is -3.27. The first-order chi connectivity index (χ1) is 8.18. The average molecular weight is 252 g/mol. The fourth-order valence-electron chi connectivity index (χ4n) is 2.51. The number of fused-ring (bicyclic) bond motifs is 1. The number of benzene rings is 1. The number of hydrogen-bond donors (Lipinski definition) is 1. The van der Waals surface area contributed by atoms with E-state index >= 15 is 0 Å². The summed E-state index contributed by atoms with van der Waals surface area (Å²) < 4.78 is 26.3. The van der Waals surface area contributed by atoms with Crippen LogP contribution in [0.4, 0.5) is 5.69 Å². The predicted octanol–water partition coefficient (Wildman–Crippen LogP) is 1.44. The molecule has 3 rings (SSSR count). The second-order valence-electron chi connectivity index (χ2n) is 4.61. The SMILES string of the molecule is O=S(=O)(c1ccc2c(c1)NCC2)N1CCCC1. The Morgan fingerprint density at radius 1 is 1.18 bits per heavy atom. The second kappa shape index (κ2) is 3.99. The molecule has 0 spiro atoms. The van der Waals surface area contributed by atoms with Crippen molar-refractivity contribution >= 4 is 15.7 Å². The van der Waals surface area contributed by atoms with Gasteiger partial charge in [-0.05, 0) is 37.0 Å². The number of nitrogens with one attached hydrogen (secondary N) is 1. The molecule has 1 saturated heterocycles. The number of rotatable bonds is 2. The summed E-state index contributed by atoms with van der Waals surface area (Å²) in [5.41, 5.74) is 2.19. The predicted molar refractivity (Wildman–Crippen MR) is 66.6 cm³/mol. The van der Waals surface area contributed by atoms with E-state index in [2.05, 4.69) is 5.32 Å². The van der Waals surface area contributed by atoms with Crippen molar-refractivity contribution in [2.24, 2.45) is 0 Å². The van der Waals surface area contributed by atoms with Gasteiger partial charge in [-0.25, -0.2) is 8.42 Å². The molecule has 0 amide bonds. The molecule has 4 nitrogen and oxygen atoms in total. The molecule has 5 heteroatoms. The van der Waals surface area contributed by atoms with Gasteiger partial charge < -0.3 is 5.32 Å². The lowest BCUT2D eigenvalue weighted by Gasteiger charge is -2.16. The minimum atomic E-state index is -3.27. The molecule has 2 aliphatic rings. The molecule has 1 aromatic rings. The molecule has 1 fully saturated rings. The lowest BCUT2D eigenvalue weighted by atomic mass is 10.2. The molecule has 1 N–H and O–H groups in total. The standard InChI is InChI=1S/C12H16N2O2S/c15-17(16,14-7-1-2-8-14)11-4-3-10-5-6-13-12(10)9-11/h3-4,9,13H,1-2,5-8H2. The smallest absolute Gasteiger partial charge is 0.243 e. The monoisotopic (exact) mass is 252 g/mol. The maximum absolute atomic E-state index is 12.3. The van der Waals surface area contributed by atoms with Gasteiger partial charge in [0.25, 0.3) is 0 Å². The number of nitrogens with zero attached hydrogens (tertiary/aromatic N) is 1. The number of anilines is 1. The Hall–Kier alpha value is -1.07. The molecule has 0 saturated carbocycles. The van der Waals surface area contributed by atoms with Gasteiger partial charge in [0, 0.05) is 25.3 Å². The summed E-state index contributed by atoms with van der Waals surface area (Å²) in [6.45, 7) is 2.22. The maximum Gasteiger partial charge on any atom is 0.243 e. The van der Waals surface area contributed by atoms with E-state index in [1.165, 1.54) is 5.56 Å². The van der Waals surface area contributed by atoms with Crippen molar-refractivity contribution in [3.05, 3.63) is 23.8 Å². The Kier molecular flexibility index (Phi) is 2.60. The van der Waals surface area contributed by atoms with Crippen LogP contribution >= 0.6 is 0 Å². The minimum Gasteiger partial charge on any atom is -0.384 e. The van der Waals surface area contributed by atoms with E-state index in [1.807, 2.05) is 6.07 Å². The van der Waals surface area contributed by atoms with Gasteiger partial charge in [0.15, 0.2) is 0 Å². The summed E-state index contributed by atoms with van der Waals surface area (Å²) in [4.78, 5) is 0.424. The quantitative estimate of drug-likeness (QED) is 0.866. The van der Waals surface area contributed by atoms with Crippen molar-refractivity contribution < 1.29 is 8.42 Å². The van der Waals surface area contributed by atoms with Gasteiger partial charge in [0.1, 0.15) is 0 Å². The topological polar surface area (TPSA) is 49.4 Å². The Bertz CT molecular complexity index is 533. The molecule has 0 unspecified atom stereocenters. The lowest BCUT2D eigenvalue weighted by Crippen LogP contribution is -2.27. The first-order valence-electron chi connectivity index (χ1n) is 6.05. The van der Waals surface area contributed by atoms with Crippen molar-refractivity contribution in [3.63, 3.8) is 0 Å². The fraction of sp³-hybridized carbons (Fsp3) is 0.500. The van der Waals surface area contributed by atoms with Gasteiger partial charge in [0.2, 0.25) is 10.0 Å². The van der Waals surface area contributed by atoms with Crippen LogP contribution in [0.5, 0.6) is 0 Å². The van der Waals surface area contributed by atoms with E-state index < -0.39 is 10.0 Å². The lowest BCUT2D eigenvalue weighted by molar-refractivity contribution is 0.477. The van der Waals surface area contributed by atoms with E-state index in [9.17, 15) is 8.42 Å². The fourth-order valence-corrected chi connectivity index (χ4v) is 4.05. The highest BCUT2D eigenvalue weighted by atomic mass is 32.2. The summed E-state index contributed by atoms with van der Waals surface area (Å²) in [5, 5.41) is 3.22. The van der Waals surface area contributed by atoms with Crippen molar-refractivity contribution in [3.8, 4) is 0 Å². The molecule has 0 aromatic heterocycles. The number of sulfonamides is 1. The molecule has 0 aliphatic carbocycles. The molecular weight excluding hydrogens is 236 g/mol. The third-order valence-electron chi connectivity index (χ3n) is 3.49. The first kappa shape index (κ1) is 11.0. The van der Waals surface area contributed by atoms with E-state index in [0.717, 1.165) is 31.5 Å². The third-order valence-corrected chi connectivity index (χ3v) is 5.39. The molecule has 2 heterocycles. The largest absolute Gasteiger partial charge is 0.384 e. The molecule has 0 atom stereocenters. The zero-order chi connectivity index (χ0) is 11.9. The van der Waals surface area contributed by atoms with Gasteiger partial charge in [-0.15, -0.1) is 0 Å². The van der Waals surface area contributed by atoms with Crippen LogP contribution < -0.4 is 5.32 Å². The van der Waals surface area contributed by atoms with Crippen molar-refractivity contribution in [2.75, 3.05) is 25.0 Å².